The molecular formula is C18H26IN3O2. The van der Waals surface area contributed by atoms with Gasteiger partial charge in [0.1, 0.15) is 5.76 Å². The Morgan fingerprint density at radius 1 is 1.12 bits per heavy atom. The van der Waals surface area contributed by atoms with Crippen LogP contribution in [-0.4, -0.2) is 26.2 Å². The average molecular weight is 443 g/mol. The number of rotatable bonds is 8. The van der Waals surface area contributed by atoms with Crippen LogP contribution in [0.25, 0.3) is 0 Å². The highest BCUT2D eigenvalue weighted by molar-refractivity contribution is 14.0. The number of hydrogen-bond acceptors (Lipinski definition) is 3. The molecule has 24 heavy (non-hydrogen) atoms. The van der Waals surface area contributed by atoms with Gasteiger partial charge in [-0.05, 0) is 30.2 Å². The lowest BCUT2D eigenvalue weighted by molar-refractivity contribution is 0.134. The van der Waals surface area contributed by atoms with E-state index in [1.54, 1.807) is 13.3 Å². The number of halogens is 1. The van der Waals surface area contributed by atoms with E-state index in [-0.39, 0.29) is 24.0 Å². The summed E-state index contributed by atoms with van der Waals surface area (Å²) in [6.45, 7) is 4.92. The van der Waals surface area contributed by atoms with E-state index in [0.29, 0.717) is 6.61 Å². The normalized spacial score (nSPS) is 11.0. The third-order valence-electron chi connectivity index (χ3n) is 3.42. The van der Waals surface area contributed by atoms with Crippen molar-refractivity contribution in [2.75, 3.05) is 20.2 Å². The van der Waals surface area contributed by atoms with Gasteiger partial charge < -0.3 is 19.8 Å². The highest BCUT2D eigenvalue weighted by Crippen LogP contribution is 2.05. The van der Waals surface area contributed by atoms with Gasteiger partial charge in [-0.25, -0.2) is 0 Å². The van der Waals surface area contributed by atoms with Crippen molar-refractivity contribution in [2.45, 2.75) is 26.5 Å². The predicted molar refractivity (Wildman–Crippen MR) is 108 cm³/mol. The van der Waals surface area contributed by atoms with Crippen molar-refractivity contribution < 1.29 is 9.15 Å². The first kappa shape index (κ1) is 20.5. The monoisotopic (exact) mass is 443 g/mol. The molecule has 2 N–H and O–H groups in total. The molecule has 0 saturated carbocycles. The number of hydrogen-bond donors (Lipinski definition) is 2. The predicted octanol–water partition coefficient (Wildman–Crippen LogP) is 3.34. The Hall–Kier alpha value is -1.54. The lowest BCUT2D eigenvalue weighted by atomic mass is 10.1. The fourth-order valence-electron chi connectivity index (χ4n) is 2.14. The molecule has 0 saturated heterocycles. The average Bonchev–Trinajstić information content (AvgIpc) is 3.10. The summed E-state index contributed by atoms with van der Waals surface area (Å²) in [4.78, 5) is 4.22. The van der Waals surface area contributed by atoms with Crippen LogP contribution in [0.3, 0.4) is 0 Å². The van der Waals surface area contributed by atoms with Crippen LogP contribution in [0.4, 0.5) is 0 Å². The first-order chi connectivity index (χ1) is 11.3. The summed E-state index contributed by atoms with van der Waals surface area (Å²) in [7, 11) is 1.77. The Morgan fingerprint density at radius 2 is 1.88 bits per heavy atom. The van der Waals surface area contributed by atoms with E-state index in [1.165, 1.54) is 11.1 Å². The van der Waals surface area contributed by atoms with Crippen LogP contribution in [0.2, 0.25) is 0 Å². The second-order valence-corrected chi connectivity index (χ2v) is 5.14. The Labute approximate surface area is 160 Å². The van der Waals surface area contributed by atoms with Gasteiger partial charge in [-0.15, -0.1) is 24.0 Å². The number of ether oxygens (including phenoxy) is 1. The molecular weight excluding hydrogens is 417 g/mol. The number of benzene rings is 1. The summed E-state index contributed by atoms with van der Waals surface area (Å²) in [6, 6.07) is 12.3. The topological polar surface area (TPSA) is 58.8 Å². The molecule has 132 valence electrons. The summed E-state index contributed by atoms with van der Waals surface area (Å²) in [5.41, 5.74) is 2.40. The maximum Gasteiger partial charge on any atom is 0.191 e. The number of guanidine groups is 1. The summed E-state index contributed by atoms with van der Waals surface area (Å²) in [5.74, 6) is 1.76. The summed E-state index contributed by atoms with van der Waals surface area (Å²) in [5, 5.41) is 6.58. The zero-order valence-corrected chi connectivity index (χ0v) is 16.6. The summed E-state index contributed by atoms with van der Waals surface area (Å²) >= 11 is 0. The summed E-state index contributed by atoms with van der Waals surface area (Å²) < 4.78 is 10.7. The molecule has 6 heteroatoms. The van der Waals surface area contributed by atoms with Gasteiger partial charge in [0.15, 0.2) is 5.96 Å². The minimum absolute atomic E-state index is 0. The van der Waals surface area contributed by atoms with Crippen molar-refractivity contribution in [3.05, 3.63) is 59.5 Å². The maximum atomic E-state index is 5.40. The maximum absolute atomic E-state index is 5.40. The van der Waals surface area contributed by atoms with Gasteiger partial charge in [-0.1, -0.05) is 24.3 Å². The molecule has 0 spiro atoms. The fourth-order valence-corrected chi connectivity index (χ4v) is 2.14. The molecule has 0 unspecified atom stereocenters. The van der Waals surface area contributed by atoms with E-state index >= 15 is 0 Å². The minimum atomic E-state index is 0. The van der Waals surface area contributed by atoms with Gasteiger partial charge in [-0.2, -0.15) is 0 Å². The quantitative estimate of drug-likeness (QED) is 0.373. The van der Waals surface area contributed by atoms with E-state index in [9.17, 15) is 0 Å². The van der Waals surface area contributed by atoms with Gasteiger partial charge in [0.25, 0.3) is 0 Å². The molecule has 0 aliphatic carbocycles. The van der Waals surface area contributed by atoms with Crippen molar-refractivity contribution in [1.82, 2.24) is 10.6 Å². The van der Waals surface area contributed by atoms with Crippen LogP contribution in [-0.2, 0) is 24.3 Å². The van der Waals surface area contributed by atoms with Crippen LogP contribution >= 0.6 is 24.0 Å². The van der Waals surface area contributed by atoms with Crippen molar-refractivity contribution in [1.29, 1.82) is 0 Å². The molecule has 0 atom stereocenters. The van der Waals surface area contributed by atoms with Crippen LogP contribution in [0.1, 0.15) is 23.8 Å². The molecule has 0 fully saturated rings. The third-order valence-corrected chi connectivity index (χ3v) is 3.42. The molecule has 1 aromatic carbocycles. The van der Waals surface area contributed by atoms with E-state index in [2.05, 4.69) is 39.9 Å². The van der Waals surface area contributed by atoms with E-state index in [0.717, 1.165) is 37.8 Å². The number of nitrogens with zero attached hydrogens (tertiary/aromatic N) is 1. The van der Waals surface area contributed by atoms with Gasteiger partial charge in [0.05, 0.1) is 12.9 Å². The van der Waals surface area contributed by atoms with Crippen molar-refractivity contribution >= 4 is 29.9 Å². The second-order valence-electron chi connectivity index (χ2n) is 5.14. The smallest absolute Gasteiger partial charge is 0.191 e. The zero-order valence-electron chi connectivity index (χ0n) is 14.2. The standard InChI is InChI=1S/C18H25N3O2.HI/c1-3-22-14-16-8-6-15(7-9-16)13-21-18(19-2)20-11-10-17-5-4-12-23-17;/h4-9,12H,3,10-11,13-14H2,1-2H3,(H2,19,20,21);1H. The number of nitrogens with one attached hydrogen (secondary N) is 2. The highest BCUT2D eigenvalue weighted by Gasteiger charge is 2.00. The fraction of sp³-hybridized carbons (Fsp3) is 0.389. The van der Waals surface area contributed by atoms with Crippen molar-refractivity contribution in [3.8, 4) is 0 Å². The second kappa shape index (κ2) is 11.9. The van der Waals surface area contributed by atoms with Crippen LogP contribution in [0.5, 0.6) is 0 Å². The van der Waals surface area contributed by atoms with Crippen LogP contribution < -0.4 is 10.6 Å². The lowest BCUT2D eigenvalue weighted by Gasteiger charge is -2.12. The molecule has 0 amide bonds. The van der Waals surface area contributed by atoms with Crippen molar-refractivity contribution in [2.24, 2.45) is 4.99 Å². The first-order valence-electron chi connectivity index (χ1n) is 7.94. The van der Waals surface area contributed by atoms with Gasteiger partial charge in [-0.3, -0.25) is 4.99 Å². The first-order valence-corrected chi connectivity index (χ1v) is 7.94. The van der Waals surface area contributed by atoms with E-state index in [4.69, 9.17) is 9.15 Å². The highest BCUT2D eigenvalue weighted by atomic mass is 127. The number of furan rings is 1. The largest absolute Gasteiger partial charge is 0.469 e. The van der Waals surface area contributed by atoms with Gasteiger partial charge in [0.2, 0.25) is 0 Å². The third kappa shape index (κ3) is 7.35. The minimum Gasteiger partial charge on any atom is -0.469 e. The molecule has 1 heterocycles. The zero-order chi connectivity index (χ0) is 16.3. The molecule has 2 aromatic rings. The Morgan fingerprint density at radius 3 is 2.50 bits per heavy atom. The lowest BCUT2D eigenvalue weighted by Crippen LogP contribution is -2.37. The molecule has 5 nitrogen and oxygen atoms in total. The molecule has 0 radical (unpaired) electrons. The van der Waals surface area contributed by atoms with Crippen LogP contribution in [0.15, 0.2) is 52.1 Å². The van der Waals surface area contributed by atoms with Gasteiger partial charge >= 0.3 is 0 Å². The molecule has 0 bridgehead atoms. The molecule has 1 aromatic heterocycles. The van der Waals surface area contributed by atoms with Gasteiger partial charge in [0, 0.05) is 33.2 Å². The Bertz CT molecular complexity index is 583. The Kier molecular flexibility index (Phi) is 10.2. The SMILES string of the molecule is CCOCc1ccc(CNC(=NC)NCCc2ccco2)cc1.I. The van der Waals surface area contributed by atoms with E-state index < -0.39 is 0 Å². The number of aliphatic imine (C=N–C) groups is 1. The van der Waals surface area contributed by atoms with E-state index in [1.807, 2.05) is 19.1 Å². The van der Waals surface area contributed by atoms with Crippen molar-refractivity contribution in [3.63, 3.8) is 0 Å². The molecule has 2 rings (SSSR count). The molecule has 0 aliphatic rings. The molecule has 0 aliphatic heterocycles. The summed E-state index contributed by atoms with van der Waals surface area (Å²) in [6.07, 6.45) is 2.53. The van der Waals surface area contributed by atoms with Crippen LogP contribution in [0, 0.1) is 0 Å². The Balaban J connectivity index is 0.00000288.